The molecule has 1 fully saturated rings. The van der Waals surface area contributed by atoms with E-state index in [0.29, 0.717) is 11.3 Å². The topological polar surface area (TPSA) is 26.0 Å². The van der Waals surface area contributed by atoms with E-state index in [9.17, 15) is 0 Å². The van der Waals surface area contributed by atoms with Gasteiger partial charge in [-0.2, -0.15) is 0 Å². The molecule has 1 saturated carbocycles. The van der Waals surface area contributed by atoms with Crippen molar-refractivity contribution in [3.05, 3.63) is 21.9 Å². The van der Waals surface area contributed by atoms with E-state index in [1.165, 1.54) is 5.56 Å². The summed E-state index contributed by atoms with van der Waals surface area (Å²) in [7, 11) is 0. The number of hydrogen-bond donors (Lipinski definition) is 1. The van der Waals surface area contributed by atoms with E-state index in [2.05, 4.69) is 32.2 Å². The Bertz CT molecular complexity index is 327. The maximum absolute atomic E-state index is 5.80. The molecule has 14 heavy (non-hydrogen) atoms. The molecule has 1 nitrogen and oxygen atoms in total. The third kappa shape index (κ3) is 1.32. The van der Waals surface area contributed by atoms with E-state index >= 15 is 0 Å². The van der Waals surface area contributed by atoms with Gasteiger partial charge >= 0.3 is 0 Å². The Labute approximate surface area is 90.3 Å². The first-order chi connectivity index (χ1) is 6.62. The molecule has 2 rings (SSSR count). The number of nitrogens with two attached hydrogens (primary N) is 1. The summed E-state index contributed by atoms with van der Waals surface area (Å²) in [6.45, 7) is 7.75. The summed E-state index contributed by atoms with van der Waals surface area (Å²) >= 11 is 1.91. The van der Waals surface area contributed by atoms with Gasteiger partial charge in [-0.1, -0.05) is 20.8 Å². The van der Waals surface area contributed by atoms with Gasteiger partial charge in [-0.25, -0.2) is 0 Å². The van der Waals surface area contributed by atoms with Gasteiger partial charge in [0, 0.05) is 10.8 Å². The van der Waals surface area contributed by atoms with Crippen LogP contribution in [0.4, 0.5) is 0 Å². The Morgan fingerprint density at radius 1 is 1.50 bits per heavy atom. The van der Waals surface area contributed by atoms with E-state index in [0.717, 1.165) is 18.9 Å². The Morgan fingerprint density at radius 3 is 2.71 bits per heavy atom. The van der Waals surface area contributed by atoms with Crippen molar-refractivity contribution in [2.75, 3.05) is 6.54 Å². The van der Waals surface area contributed by atoms with Crippen LogP contribution in [0.15, 0.2) is 11.4 Å². The highest BCUT2D eigenvalue weighted by Crippen LogP contribution is 2.65. The molecule has 0 spiro atoms. The zero-order valence-corrected chi connectivity index (χ0v) is 10.0. The van der Waals surface area contributed by atoms with Crippen LogP contribution in [-0.2, 0) is 6.42 Å². The highest BCUT2D eigenvalue weighted by Gasteiger charge is 2.58. The van der Waals surface area contributed by atoms with Gasteiger partial charge in [0.1, 0.15) is 0 Å². The summed E-state index contributed by atoms with van der Waals surface area (Å²) in [5.41, 5.74) is 7.77. The van der Waals surface area contributed by atoms with Gasteiger partial charge in [-0.3, -0.25) is 0 Å². The fraction of sp³-hybridized carbons (Fsp3) is 0.667. The van der Waals surface area contributed by atoms with Crippen molar-refractivity contribution < 1.29 is 0 Å². The van der Waals surface area contributed by atoms with Gasteiger partial charge in [0.15, 0.2) is 0 Å². The monoisotopic (exact) mass is 209 g/mol. The molecule has 2 atom stereocenters. The Kier molecular flexibility index (Phi) is 2.44. The van der Waals surface area contributed by atoms with Crippen molar-refractivity contribution in [1.82, 2.24) is 0 Å². The van der Waals surface area contributed by atoms with Crippen molar-refractivity contribution >= 4 is 11.3 Å². The summed E-state index contributed by atoms with van der Waals surface area (Å²) in [4.78, 5) is 1.59. The maximum Gasteiger partial charge on any atom is 0.0117 e. The molecular formula is C12H19NS. The zero-order chi connectivity index (χ0) is 10.3. The SMILES string of the molecule is CCc1ccsc1C1C(CN)C1(C)C. The zero-order valence-electron chi connectivity index (χ0n) is 9.21. The molecule has 0 aliphatic heterocycles. The first-order valence-corrected chi connectivity index (χ1v) is 6.27. The molecule has 1 aromatic heterocycles. The van der Waals surface area contributed by atoms with E-state index in [-0.39, 0.29) is 0 Å². The van der Waals surface area contributed by atoms with Crippen LogP contribution < -0.4 is 5.73 Å². The summed E-state index contributed by atoms with van der Waals surface area (Å²) in [5.74, 6) is 1.42. The molecule has 2 N–H and O–H groups in total. The highest BCUT2D eigenvalue weighted by atomic mass is 32.1. The molecule has 1 aromatic rings. The number of rotatable bonds is 3. The molecule has 0 amide bonds. The lowest BCUT2D eigenvalue weighted by molar-refractivity contribution is 0.559. The fourth-order valence-electron chi connectivity index (χ4n) is 2.62. The summed E-state index contributed by atoms with van der Waals surface area (Å²) in [5, 5.41) is 2.22. The summed E-state index contributed by atoms with van der Waals surface area (Å²) in [6.07, 6.45) is 1.16. The molecule has 2 heteroatoms. The smallest absolute Gasteiger partial charge is 0.0117 e. The Morgan fingerprint density at radius 2 is 2.21 bits per heavy atom. The second-order valence-corrected chi connectivity index (χ2v) is 5.75. The quantitative estimate of drug-likeness (QED) is 0.813. The van der Waals surface area contributed by atoms with Gasteiger partial charge in [0.25, 0.3) is 0 Å². The third-order valence-electron chi connectivity index (χ3n) is 3.75. The average Bonchev–Trinajstić information content (AvgIpc) is 2.55. The van der Waals surface area contributed by atoms with Crippen LogP contribution in [0.25, 0.3) is 0 Å². The van der Waals surface area contributed by atoms with Crippen molar-refractivity contribution in [2.24, 2.45) is 17.1 Å². The van der Waals surface area contributed by atoms with Crippen LogP contribution in [-0.4, -0.2) is 6.54 Å². The van der Waals surface area contributed by atoms with Crippen molar-refractivity contribution in [2.45, 2.75) is 33.1 Å². The van der Waals surface area contributed by atoms with Gasteiger partial charge in [-0.05, 0) is 41.3 Å². The molecule has 1 aliphatic rings. The van der Waals surface area contributed by atoms with Crippen LogP contribution in [0.5, 0.6) is 0 Å². The number of hydrogen-bond acceptors (Lipinski definition) is 2. The highest BCUT2D eigenvalue weighted by molar-refractivity contribution is 7.10. The van der Waals surface area contributed by atoms with Crippen LogP contribution in [0.3, 0.4) is 0 Å². The fourth-order valence-corrected chi connectivity index (χ4v) is 3.97. The predicted octanol–water partition coefficient (Wildman–Crippen LogP) is 3.01. The number of thiophene rings is 1. The van der Waals surface area contributed by atoms with Gasteiger partial charge < -0.3 is 5.73 Å². The van der Waals surface area contributed by atoms with Crippen molar-refractivity contribution in [3.63, 3.8) is 0 Å². The second-order valence-electron chi connectivity index (χ2n) is 4.80. The van der Waals surface area contributed by atoms with Crippen LogP contribution >= 0.6 is 11.3 Å². The molecule has 78 valence electrons. The molecule has 0 saturated heterocycles. The molecule has 0 bridgehead atoms. The van der Waals surface area contributed by atoms with E-state index in [1.54, 1.807) is 4.88 Å². The largest absolute Gasteiger partial charge is 0.330 e. The van der Waals surface area contributed by atoms with Crippen LogP contribution in [0, 0.1) is 11.3 Å². The predicted molar refractivity (Wildman–Crippen MR) is 62.8 cm³/mol. The minimum Gasteiger partial charge on any atom is -0.330 e. The molecule has 0 aromatic carbocycles. The van der Waals surface area contributed by atoms with E-state index in [1.807, 2.05) is 11.3 Å². The van der Waals surface area contributed by atoms with E-state index < -0.39 is 0 Å². The Hall–Kier alpha value is -0.340. The van der Waals surface area contributed by atoms with Crippen LogP contribution in [0.1, 0.15) is 37.1 Å². The van der Waals surface area contributed by atoms with Crippen molar-refractivity contribution in [1.29, 1.82) is 0 Å². The molecule has 0 radical (unpaired) electrons. The second kappa shape index (κ2) is 3.35. The standard InChI is InChI=1S/C12H19NS/c1-4-8-5-6-14-11(8)10-9(7-13)12(10,2)3/h5-6,9-10H,4,7,13H2,1-3H3. The van der Waals surface area contributed by atoms with Gasteiger partial charge in [0.2, 0.25) is 0 Å². The lowest BCUT2D eigenvalue weighted by Crippen LogP contribution is -2.05. The van der Waals surface area contributed by atoms with Gasteiger partial charge in [0.05, 0.1) is 0 Å². The first kappa shape index (κ1) is 10.2. The third-order valence-corrected chi connectivity index (χ3v) is 4.79. The molecule has 1 heterocycles. The first-order valence-electron chi connectivity index (χ1n) is 5.39. The van der Waals surface area contributed by atoms with Crippen LogP contribution in [0.2, 0.25) is 0 Å². The lowest BCUT2D eigenvalue weighted by Gasteiger charge is -2.02. The minimum absolute atomic E-state index is 0.434. The molecular weight excluding hydrogens is 190 g/mol. The summed E-state index contributed by atoms with van der Waals surface area (Å²) < 4.78 is 0. The Balaban J connectivity index is 2.26. The number of aryl methyl sites for hydroxylation is 1. The minimum atomic E-state index is 0.434. The van der Waals surface area contributed by atoms with Crippen molar-refractivity contribution in [3.8, 4) is 0 Å². The van der Waals surface area contributed by atoms with E-state index in [4.69, 9.17) is 5.73 Å². The molecule has 2 unspecified atom stereocenters. The summed E-state index contributed by atoms with van der Waals surface area (Å²) in [6, 6.07) is 2.27. The van der Waals surface area contributed by atoms with Gasteiger partial charge in [-0.15, -0.1) is 11.3 Å². The molecule has 1 aliphatic carbocycles. The normalized spacial score (nSPS) is 29.1. The average molecular weight is 209 g/mol. The lowest BCUT2D eigenvalue weighted by atomic mass is 10.1. The maximum atomic E-state index is 5.80.